The Morgan fingerprint density at radius 1 is 1.53 bits per heavy atom. The zero-order chi connectivity index (χ0) is 11.1. The highest BCUT2D eigenvalue weighted by atomic mass is 16.5. The first kappa shape index (κ1) is 12.5. The number of carbonyl (C=O) groups excluding carboxylic acids is 1. The maximum absolute atomic E-state index is 11.8. The lowest BCUT2D eigenvalue weighted by Gasteiger charge is -2.16. The van der Waals surface area contributed by atoms with Crippen LogP contribution in [-0.4, -0.2) is 49.7 Å². The number of nitrogens with one attached hydrogen (secondary N) is 1. The van der Waals surface area contributed by atoms with Gasteiger partial charge in [-0.1, -0.05) is 6.92 Å². The van der Waals surface area contributed by atoms with Gasteiger partial charge < -0.3 is 15.0 Å². The topological polar surface area (TPSA) is 41.6 Å². The average molecular weight is 214 g/mol. The quantitative estimate of drug-likeness (QED) is 0.632. The Morgan fingerprint density at radius 2 is 2.33 bits per heavy atom. The Balaban J connectivity index is 2.22. The van der Waals surface area contributed by atoms with Crippen molar-refractivity contribution < 1.29 is 9.53 Å². The van der Waals surface area contributed by atoms with Crippen LogP contribution in [0, 0.1) is 0 Å². The second kappa shape index (κ2) is 6.80. The van der Waals surface area contributed by atoms with Crippen molar-refractivity contribution in [2.75, 3.05) is 32.8 Å². The van der Waals surface area contributed by atoms with Crippen LogP contribution in [0.3, 0.4) is 0 Å². The summed E-state index contributed by atoms with van der Waals surface area (Å²) in [6, 6.07) is 0.0478. The van der Waals surface area contributed by atoms with E-state index in [0.717, 1.165) is 39.1 Å². The lowest BCUT2D eigenvalue weighted by atomic mass is 10.2. The minimum Gasteiger partial charge on any atom is -0.380 e. The molecule has 1 unspecified atom stereocenters. The van der Waals surface area contributed by atoms with Crippen LogP contribution in [0.15, 0.2) is 0 Å². The molecule has 0 aliphatic carbocycles. The zero-order valence-electron chi connectivity index (χ0n) is 9.79. The third kappa shape index (κ3) is 3.80. The summed E-state index contributed by atoms with van der Waals surface area (Å²) in [6.07, 6.45) is 2.01. The van der Waals surface area contributed by atoms with Gasteiger partial charge in [0.25, 0.3) is 0 Å². The molecule has 1 saturated heterocycles. The van der Waals surface area contributed by atoms with Crippen molar-refractivity contribution in [2.24, 2.45) is 0 Å². The fourth-order valence-electron chi connectivity index (χ4n) is 1.79. The molecule has 0 aromatic heterocycles. The highest BCUT2D eigenvalue weighted by Crippen LogP contribution is 2.10. The molecule has 1 atom stereocenters. The molecule has 1 rings (SSSR count). The molecule has 1 aliphatic heterocycles. The van der Waals surface area contributed by atoms with Crippen molar-refractivity contribution in [1.82, 2.24) is 10.2 Å². The van der Waals surface area contributed by atoms with Crippen LogP contribution >= 0.6 is 0 Å². The normalized spacial score (nSPS) is 21.3. The van der Waals surface area contributed by atoms with Gasteiger partial charge in [0.2, 0.25) is 5.91 Å². The van der Waals surface area contributed by atoms with Crippen molar-refractivity contribution in [3.8, 4) is 0 Å². The van der Waals surface area contributed by atoms with E-state index in [4.69, 9.17) is 4.74 Å². The molecule has 1 N–H and O–H groups in total. The van der Waals surface area contributed by atoms with Crippen LogP contribution in [-0.2, 0) is 9.53 Å². The largest absolute Gasteiger partial charge is 0.380 e. The van der Waals surface area contributed by atoms with Crippen molar-refractivity contribution in [3.63, 3.8) is 0 Å². The second-order valence-electron chi connectivity index (χ2n) is 3.82. The van der Waals surface area contributed by atoms with Crippen LogP contribution in [0.25, 0.3) is 0 Å². The molecule has 4 heteroatoms. The predicted molar refractivity (Wildman–Crippen MR) is 59.8 cm³/mol. The van der Waals surface area contributed by atoms with Gasteiger partial charge in [-0.25, -0.2) is 0 Å². The van der Waals surface area contributed by atoms with E-state index in [-0.39, 0.29) is 11.9 Å². The van der Waals surface area contributed by atoms with Gasteiger partial charge >= 0.3 is 0 Å². The highest BCUT2D eigenvalue weighted by Gasteiger charge is 2.30. The number of rotatable bonds is 7. The van der Waals surface area contributed by atoms with Crippen molar-refractivity contribution in [1.29, 1.82) is 0 Å². The third-order valence-electron chi connectivity index (χ3n) is 2.65. The van der Waals surface area contributed by atoms with E-state index >= 15 is 0 Å². The molecule has 0 radical (unpaired) electrons. The molecule has 15 heavy (non-hydrogen) atoms. The summed E-state index contributed by atoms with van der Waals surface area (Å²) >= 11 is 0. The number of hydrogen-bond acceptors (Lipinski definition) is 3. The molecule has 1 aliphatic rings. The SMILES string of the molecule is CCCNC1CCN(CCOCC)C1=O. The molecule has 0 bridgehead atoms. The smallest absolute Gasteiger partial charge is 0.239 e. The van der Waals surface area contributed by atoms with Gasteiger partial charge in [-0.05, 0) is 26.3 Å². The van der Waals surface area contributed by atoms with Crippen molar-refractivity contribution in [3.05, 3.63) is 0 Å². The number of likely N-dealkylation sites (tertiary alicyclic amines) is 1. The lowest BCUT2D eigenvalue weighted by Crippen LogP contribution is -2.39. The van der Waals surface area contributed by atoms with E-state index in [2.05, 4.69) is 12.2 Å². The molecule has 88 valence electrons. The molecule has 1 amide bonds. The number of carbonyl (C=O) groups is 1. The fraction of sp³-hybridized carbons (Fsp3) is 0.909. The van der Waals surface area contributed by atoms with E-state index in [1.807, 2.05) is 11.8 Å². The summed E-state index contributed by atoms with van der Waals surface area (Å²) < 4.78 is 5.25. The lowest BCUT2D eigenvalue weighted by molar-refractivity contribution is -0.130. The first-order valence-corrected chi connectivity index (χ1v) is 5.89. The van der Waals surface area contributed by atoms with Crippen molar-refractivity contribution >= 4 is 5.91 Å². The Labute approximate surface area is 92.0 Å². The summed E-state index contributed by atoms with van der Waals surface area (Å²) in [5, 5.41) is 3.27. The standard InChI is InChI=1S/C11H22N2O2/c1-3-6-12-10-5-7-13(11(10)14)8-9-15-4-2/h10,12H,3-9H2,1-2H3. The number of hydrogen-bond donors (Lipinski definition) is 1. The van der Waals surface area contributed by atoms with Crippen LogP contribution < -0.4 is 5.32 Å². The Hall–Kier alpha value is -0.610. The molecule has 4 nitrogen and oxygen atoms in total. The van der Waals surface area contributed by atoms with E-state index in [9.17, 15) is 4.79 Å². The molecule has 0 saturated carbocycles. The van der Waals surface area contributed by atoms with Crippen LogP contribution in [0.2, 0.25) is 0 Å². The third-order valence-corrected chi connectivity index (χ3v) is 2.65. The minimum absolute atomic E-state index is 0.0478. The molecule has 1 heterocycles. The van der Waals surface area contributed by atoms with E-state index in [1.54, 1.807) is 0 Å². The van der Waals surface area contributed by atoms with E-state index in [1.165, 1.54) is 0 Å². The highest BCUT2D eigenvalue weighted by molar-refractivity contribution is 5.83. The molecule has 1 fully saturated rings. The fourth-order valence-corrected chi connectivity index (χ4v) is 1.79. The number of nitrogens with zero attached hydrogens (tertiary/aromatic N) is 1. The van der Waals surface area contributed by atoms with Gasteiger partial charge in [0.1, 0.15) is 0 Å². The summed E-state index contributed by atoms with van der Waals surface area (Å²) in [4.78, 5) is 13.7. The van der Waals surface area contributed by atoms with E-state index in [0.29, 0.717) is 6.61 Å². The van der Waals surface area contributed by atoms with Crippen LogP contribution in [0.4, 0.5) is 0 Å². The van der Waals surface area contributed by atoms with Gasteiger partial charge in [0.15, 0.2) is 0 Å². The Kier molecular flexibility index (Phi) is 5.65. The Bertz CT molecular complexity index is 197. The van der Waals surface area contributed by atoms with E-state index < -0.39 is 0 Å². The molecule has 0 aromatic carbocycles. The van der Waals surface area contributed by atoms with Crippen LogP contribution in [0.5, 0.6) is 0 Å². The number of amides is 1. The number of ether oxygens (including phenoxy) is 1. The summed E-state index contributed by atoms with van der Waals surface area (Å²) in [5.41, 5.74) is 0. The monoisotopic (exact) mass is 214 g/mol. The maximum atomic E-state index is 11.8. The molecular formula is C11H22N2O2. The summed E-state index contributed by atoms with van der Waals surface area (Å²) in [7, 11) is 0. The van der Waals surface area contributed by atoms with Crippen molar-refractivity contribution in [2.45, 2.75) is 32.7 Å². The van der Waals surface area contributed by atoms with Crippen LogP contribution in [0.1, 0.15) is 26.7 Å². The first-order valence-electron chi connectivity index (χ1n) is 5.89. The molecule has 0 aromatic rings. The van der Waals surface area contributed by atoms with Gasteiger partial charge in [-0.3, -0.25) is 4.79 Å². The predicted octanol–water partition coefficient (Wildman–Crippen LogP) is 0.623. The zero-order valence-corrected chi connectivity index (χ0v) is 9.79. The molecule has 0 spiro atoms. The maximum Gasteiger partial charge on any atom is 0.239 e. The first-order chi connectivity index (χ1) is 7.29. The average Bonchev–Trinajstić information content (AvgIpc) is 2.58. The Morgan fingerprint density at radius 3 is 3.00 bits per heavy atom. The van der Waals surface area contributed by atoms with Gasteiger partial charge in [-0.2, -0.15) is 0 Å². The molecular weight excluding hydrogens is 192 g/mol. The summed E-state index contributed by atoms with van der Waals surface area (Å²) in [5.74, 6) is 0.239. The minimum atomic E-state index is 0.0478. The summed E-state index contributed by atoms with van der Waals surface area (Å²) in [6.45, 7) is 7.99. The second-order valence-corrected chi connectivity index (χ2v) is 3.82. The van der Waals surface area contributed by atoms with Gasteiger partial charge in [-0.15, -0.1) is 0 Å². The van der Waals surface area contributed by atoms with Gasteiger partial charge in [0.05, 0.1) is 12.6 Å². The van der Waals surface area contributed by atoms with Gasteiger partial charge in [0, 0.05) is 19.7 Å².